The number of nitrogens with zero attached hydrogens (tertiary/aromatic N) is 1. The van der Waals surface area contributed by atoms with Crippen LogP contribution >= 0.6 is 0 Å². The summed E-state index contributed by atoms with van der Waals surface area (Å²) in [6.45, 7) is 6.13. The van der Waals surface area contributed by atoms with Crippen LogP contribution in [-0.2, 0) is 4.84 Å². The van der Waals surface area contributed by atoms with Crippen LogP contribution in [0.15, 0.2) is 18.2 Å². The molecule has 0 atom stereocenters. The molecule has 0 bridgehead atoms. The zero-order valence-electron chi connectivity index (χ0n) is 12.1. The molecule has 1 aliphatic heterocycles. The van der Waals surface area contributed by atoms with E-state index in [4.69, 9.17) is 14.3 Å². The fraction of sp³-hybridized carbons (Fsp3) is 0.533. The maximum absolute atomic E-state index is 12.3. The Kier molecular flexibility index (Phi) is 5.24. The molecule has 0 saturated carbocycles. The lowest BCUT2D eigenvalue weighted by Gasteiger charge is -2.26. The molecule has 1 aromatic rings. The fourth-order valence-corrected chi connectivity index (χ4v) is 2.09. The van der Waals surface area contributed by atoms with Gasteiger partial charge in [-0.1, -0.05) is 0 Å². The van der Waals surface area contributed by atoms with Crippen molar-refractivity contribution in [2.45, 2.75) is 26.7 Å². The third-order valence-corrected chi connectivity index (χ3v) is 3.02. The molecule has 2 rings (SSSR count). The molecule has 1 heterocycles. The molecule has 5 heteroatoms. The smallest absolute Gasteiger partial charge is 0.277 e. The van der Waals surface area contributed by atoms with E-state index < -0.39 is 0 Å². The molecule has 0 unspecified atom stereocenters. The maximum Gasteiger partial charge on any atom is 0.277 e. The van der Waals surface area contributed by atoms with Gasteiger partial charge in [-0.2, -0.15) is 0 Å². The van der Waals surface area contributed by atoms with E-state index in [1.54, 1.807) is 18.2 Å². The lowest BCUT2D eigenvalue weighted by Crippen LogP contribution is -2.35. The predicted octanol–water partition coefficient (Wildman–Crippen LogP) is 2.65. The quantitative estimate of drug-likeness (QED) is 0.831. The van der Waals surface area contributed by atoms with Crippen LogP contribution in [0.1, 0.15) is 37.0 Å². The van der Waals surface area contributed by atoms with Crippen LogP contribution in [0.2, 0.25) is 0 Å². The van der Waals surface area contributed by atoms with E-state index in [0.29, 0.717) is 43.4 Å². The summed E-state index contributed by atoms with van der Waals surface area (Å²) in [4.78, 5) is 17.7. The SMILES string of the molecule is CCOc1ccc(C(=O)N2CCCCO2)cc1OCC. The molecule has 0 N–H and O–H groups in total. The molecule has 110 valence electrons. The molecular weight excluding hydrogens is 258 g/mol. The highest BCUT2D eigenvalue weighted by molar-refractivity contribution is 5.94. The lowest BCUT2D eigenvalue weighted by molar-refractivity contribution is -0.144. The zero-order valence-corrected chi connectivity index (χ0v) is 12.1. The van der Waals surface area contributed by atoms with Gasteiger partial charge in [0.05, 0.1) is 19.8 Å². The molecule has 1 amide bonds. The number of ether oxygens (including phenoxy) is 2. The standard InChI is InChI=1S/C15H21NO4/c1-3-18-13-8-7-12(11-14(13)19-4-2)15(17)16-9-5-6-10-20-16/h7-8,11H,3-6,9-10H2,1-2H3. The Morgan fingerprint density at radius 2 is 1.95 bits per heavy atom. The van der Waals surface area contributed by atoms with Crippen LogP contribution in [0.4, 0.5) is 0 Å². The van der Waals surface area contributed by atoms with Gasteiger partial charge in [-0.25, -0.2) is 5.06 Å². The zero-order chi connectivity index (χ0) is 14.4. The summed E-state index contributed by atoms with van der Waals surface area (Å²) in [5.41, 5.74) is 0.554. The molecule has 0 aromatic heterocycles. The number of carbonyl (C=O) groups excluding carboxylic acids is 1. The summed E-state index contributed by atoms with van der Waals surface area (Å²) >= 11 is 0. The minimum Gasteiger partial charge on any atom is -0.490 e. The van der Waals surface area contributed by atoms with E-state index in [9.17, 15) is 4.79 Å². The van der Waals surface area contributed by atoms with Gasteiger partial charge in [0, 0.05) is 12.1 Å². The third kappa shape index (κ3) is 3.42. The van der Waals surface area contributed by atoms with Gasteiger partial charge in [0.15, 0.2) is 11.5 Å². The van der Waals surface area contributed by atoms with Gasteiger partial charge in [0.25, 0.3) is 5.91 Å². The van der Waals surface area contributed by atoms with Crippen molar-refractivity contribution < 1.29 is 19.1 Å². The third-order valence-electron chi connectivity index (χ3n) is 3.02. The van der Waals surface area contributed by atoms with Crippen molar-refractivity contribution in [3.05, 3.63) is 23.8 Å². The first-order valence-corrected chi connectivity index (χ1v) is 7.10. The van der Waals surface area contributed by atoms with Gasteiger partial charge in [0.1, 0.15) is 0 Å². The maximum atomic E-state index is 12.3. The van der Waals surface area contributed by atoms with Crippen LogP contribution in [-0.4, -0.2) is 37.3 Å². The average molecular weight is 279 g/mol. The molecule has 1 aliphatic rings. The van der Waals surface area contributed by atoms with E-state index in [1.807, 2.05) is 13.8 Å². The minimum atomic E-state index is -0.131. The van der Waals surface area contributed by atoms with E-state index in [2.05, 4.69) is 0 Å². The van der Waals surface area contributed by atoms with E-state index in [0.717, 1.165) is 12.8 Å². The Hall–Kier alpha value is -1.75. The Balaban J connectivity index is 2.18. The number of benzene rings is 1. The van der Waals surface area contributed by atoms with Crippen molar-refractivity contribution in [1.82, 2.24) is 5.06 Å². The number of hydrogen-bond donors (Lipinski definition) is 0. The number of amides is 1. The topological polar surface area (TPSA) is 48.0 Å². The van der Waals surface area contributed by atoms with Crippen LogP contribution in [0, 0.1) is 0 Å². The van der Waals surface area contributed by atoms with Crippen LogP contribution in [0.3, 0.4) is 0 Å². The second-order valence-electron chi connectivity index (χ2n) is 4.48. The number of hydrogen-bond acceptors (Lipinski definition) is 4. The van der Waals surface area contributed by atoms with Gasteiger partial charge in [-0.15, -0.1) is 0 Å². The van der Waals surface area contributed by atoms with Gasteiger partial charge in [0.2, 0.25) is 0 Å². The molecular formula is C15H21NO4. The fourth-order valence-electron chi connectivity index (χ4n) is 2.09. The molecule has 5 nitrogen and oxygen atoms in total. The van der Waals surface area contributed by atoms with Crippen molar-refractivity contribution in [3.63, 3.8) is 0 Å². The largest absolute Gasteiger partial charge is 0.490 e. The molecule has 0 radical (unpaired) electrons. The van der Waals surface area contributed by atoms with Gasteiger partial charge in [-0.05, 0) is 44.9 Å². The van der Waals surface area contributed by atoms with Gasteiger partial charge < -0.3 is 9.47 Å². The van der Waals surface area contributed by atoms with E-state index in [1.165, 1.54) is 5.06 Å². The lowest BCUT2D eigenvalue weighted by atomic mass is 10.1. The monoisotopic (exact) mass is 279 g/mol. The Bertz CT molecular complexity index is 455. The van der Waals surface area contributed by atoms with Crippen molar-refractivity contribution in [2.24, 2.45) is 0 Å². The second-order valence-corrected chi connectivity index (χ2v) is 4.48. The van der Waals surface area contributed by atoms with Crippen molar-refractivity contribution >= 4 is 5.91 Å². The Morgan fingerprint density at radius 1 is 1.20 bits per heavy atom. The first kappa shape index (κ1) is 14.7. The summed E-state index contributed by atoms with van der Waals surface area (Å²) in [6.07, 6.45) is 1.97. The van der Waals surface area contributed by atoms with Gasteiger partial charge >= 0.3 is 0 Å². The summed E-state index contributed by atoms with van der Waals surface area (Å²) < 4.78 is 11.0. The molecule has 0 aliphatic carbocycles. The predicted molar refractivity (Wildman–Crippen MR) is 75.0 cm³/mol. The second kappa shape index (κ2) is 7.14. The van der Waals surface area contributed by atoms with E-state index in [-0.39, 0.29) is 5.91 Å². The normalized spacial score (nSPS) is 15.0. The van der Waals surface area contributed by atoms with Gasteiger partial charge in [-0.3, -0.25) is 9.63 Å². The number of carbonyl (C=O) groups is 1. The molecule has 1 saturated heterocycles. The minimum absolute atomic E-state index is 0.131. The summed E-state index contributed by atoms with van der Waals surface area (Å²) in [7, 11) is 0. The van der Waals surface area contributed by atoms with Crippen molar-refractivity contribution in [2.75, 3.05) is 26.4 Å². The number of hydroxylamine groups is 2. The first-order valence-electron chi connectivity index (χ1n) is 7.10. The molecule has 1 fully saturated rings. The Labute approximate surface area is 119 Å². The summed E-state index contributed by atoms with van der Waals surface area (Å²) in [6, 6.07) is 5.23. The van der Waals surface area contributed by atoms with Crippen molar-refractivity contribution in [1.29, 1.82) is 0 Å². The number of rotatable bonds is 5. The Morgan fingerprint density at radius 3 is 2.60 bits per heavy atom. The van der Waals surface area contributed by atoms with Crippen molar-refractivity contribution in [3.8, 4) is 11.5 Å². The van der Waals surface area contributed by atoms with Crippen LogP contribution < -0.4 is 9.47 Å². The van der Waals surface area contributed by atoms with E-state index >= 15 is 0 Å². The summed E-state index contributed by atoms with van der Waals surface area (Å²) in [5, 5.41) is 1.43. The highest BCUT2D eigenvalue weighted by atomic mass is 16.7. The molecule has 20 heavy (non-hydrogen) atoms. The highest BCUT2D eigenvalue weighted by Gasteiger charge is 2.20. The highest BCUT2D eigenvalue weighted by Crippen LogP contribution is 2.29. The first-order chi connectivity index (χ1) is 9.76. The molecule has 1 aromatic carbocycles. The summed E-state index contributed by atoms with van der Waals surface area (Å²) in [5.74, 6) is 1.12. The van der Waals surface area contributed by atoms with Crippen LogP contribution in [0.5, 0.6) is 11.5 Å². The average Bonchev–Trinajstić information content (AvgIpc) is 2.50. The van der Waals surface area contributed by atoms with Crippen LogP contribution in [0.25, 0.3) is 0 Å². The molecule has 0 spiro atoms.